The van der Waals surface area contributed by atoms with E-state index in [4.69, 9.17) is 9.72 Å². The van der Waals surface area contributed by atoms with E-state index in [0.717, 1.165) is 44.7 Å². The fraction of sp³-hybridized carbons (Fsp3) is 0.469. The zero-order valence-electron chi connectivity index (χ0n) is 24.0. The number of nitrogens with one attached hydrogen (secondary N) is 1. The van der Waals surface area contributed by atoms with Gasteiger partial charge in [0.2, 0.25) is 0 Å². The first-order valence-electron chi connectivity index (χ1n) is 15.3. The monoisotopic (exact) mass is 608 g/mol. The minimum atomic E-state index is -1.25. The molecule has 0 saturated carbocycles. The van der Waals surface area contributed by atoms with Gasteiger partial charge in [-0.3, -0.25) is 9.88 Å². The molecule has 8 nitrogen and oxygen atoms in total. The van der Waals surface area contributed by atoms with Gasteiger partial charge in [-0.05, 0) is 73.7 Å². The molecule has 2 aromatic heterocycles. The quantitative estimate of drug-likeness (QED) is 0.297. The standard InChI is InChI=1S/C32H32F4N6O2/c33-18-12-32(7-1-8-42(32)14-18)16-44-31-39-28-23(30(40-31)41-9-6-19-2-3-20(15-41)38-19)13-37-29(27(28)36)25-22-5-4-21(43)10-17(22)11-24(34)26(25)35/h4-5,10-11,13,18-20,38,43H,1-3,6-9,12,14-16H2/t18-,19?,20?,32?/m1/s1. The van der Waals surface area contributed by atoms with Gasteiger partial charge in [0, 0.05) is 49.9 Å². The predicted octanol–water partition coefficient (Wildman–Crippen LogP) is 5.25. The molecule has 44 heavy (non-hydrogen) atoms. The third-order valence-corrected chi connectivity index (χ3v) is 9.95. The van der Waals surface area contributed by atoms with Crippen LogP contribution in [0.4, 0.5) is 23.4 Å². The van der Waals surface area contributed by atoms with Crippen LogP contribution in [0, 0.1) is 17.5 Å². The van der Waals surface area contributed by atoms with Crippen LogP contribution in [0.25, 0.3) is 32.9 Å². The lowest BCUT2D eigenvalue weighted by Crippen LogP contribution is -2.43. The lowest BCUT2D eigenvalue weighted by molar-refractivity contribution is 0.107. The fourth-order valence-electron chi connectivity index (χ4n) is 7.85. The molecule has 230 valence electrons. The van der Waals surface area contributed by atoms with E-state index >= 15 is 8.78 Å². The number of fused-ring (bicyclic) bond motifs is 5. The Kier molecular flexibility index (Phi) is 6.56. The number of aromatic nitrogens is 3. The Labute approximate surface area is 251 Å². The van der Waals surface area contributed by atoms with Gasteiger partial charge in [-0.1, -0.05) is 0 Å². The molecule has 0 spiro atoms. The van der Waals surface area contributed by atoms with Crippen LogP contribution in [0.3, 0.4) is 0 Å². The number of phenols is 1. The smallest absolute Gasteiger partial charge is 0.319 e. The van der Waals surface area contributed by atoms with Gasteiger partial charge in [-0.25, -0.2) is 17.6 Å². The van der Waals surface area contributed by atoms with E-state index in [-0.39, 0.29) is 46.3 Å². The average molecular weight is 609 g/mol. The summed E-state index contributed by atoms with van der Waals surface area (Å²) in [6.07, 6.45) is 5.58. The molecule has 12 heteroatoms. The molecule has 2 aromatic carbocycles. The second kappa shape index (κ2) is 10.4. The molecule has 0 radical (unpaired) electrons. The van der Waals surface area contributed by atoms with Gasteiger partial charge in [-0.15, -0.1) is 0 Å². The molecule has 0 amide bonds. The number of anilines is 1. The molecular formula is C32H32F4N6O2. The molecule has 6 heterocycles. The van der Waals surface area contributed by atoms with E-state index < -0.39 is 34.9 Å². The predicted molar refractivity (Wildman–Crippen MR) is 157 cm³/mol. The number of nitrogens with zero attached hydrogens (tertiary/aromatic N) is 5. The third-order valence-electron chi connectivity index (χ3n) is 9.95. The van der Waals surface area contributed by atoms with Crippen molar-refractivity contribution in [2.24, 2.45) is 0 Å². The van der Waals surface area contributed by atoms with E-state index in [9.17, 15) is 13.9 Å². The second-order valence-corrected chi connectivity index (χ2v) is 12.7. The SMILES string of the molecule is Oc1ccc2c(-c3ncc4c(N5CCC6CCC(C5)N6)nc(OCC56CCCN5C[C@H](F)C6)nc4c3F)c(F)c(F)cc2c1. The molecule has 4 fully saturated rings. The van der Waals surface area contributed by atoms with Crippen LogP contribution in [0.5, 0.6) is 11.8 Å². The Balaban J connectivity index is 1.26. The van der Waals surface area contributed by atoms with Crippen LogP contribution in [0.15, 0.2) is 30.5 Å². The number of benzene rings is 2. The molecule has 4 aromatic rings. The topological polar surface area (TPSA) is 86.6 Å². The Bertz CT molecular complexity index is 1790. The molecule has 2 N–H and O–H groups in total. The lowest BCUT2D eigenvalue weighted by atomic mass is 9.95. The number of pyridine rings is 1. The highest BCUT2D eigenvalue weighted by Crippen LogP contribution is 2.42. The largest absolute Gasteiger partial charge is 0.508 e. The van der Waals surface area contributed by atoms with Crippen molar-refractivity contribution in [2.45, 2.75) is 62.3 Å². The van der Waals surface area contributed by atoms with Crippen LogP contribution >= 0.6 is 0 Å². The van der Waals surface area contributed by atoms with Crippen LogP contribution in [-0.2, 0) is 0 Å². The van der Waals surface area contributed by atoms with Crippen LogP contribution in [-0.4, -0.2) is 81.5 Å². The molecule has 4 aliphatic heterocycles. The van der Waals surface area contributed by atoms with E-state index in [2.05, 4.69) is 25.1 Å². The van der Waals surface area contributed by atoms with Crippen molar-refractivity contribution >= 4 is 27.5 Å². The van der Waals surface area contributed by atoms with Crippen molar-refractivity contribution in [1.29, 1.82) is 0 Å². The van der Waals surface area contributed by atoms with Crippen molar-refractivity contribution in [3.8, 4) is 23.0 Å². The summed E-state index contributed by atoms with van der Waals surface area (Å²) in [6, 6.07) is 5.57. The molecular weight excluding hydrogens is 576 g/mol. The normalized spacial score (nSPS) is 26.9. The molecule has 4 saturated heterocycles. The first kappa shape index (κ1) is 27.8. The number of alkyl halides is 1. The number of phenolic OH excluding ortho intramolecular Hbond substituents is 1. The number of aromatic hydroxyl groups is 1. The van der Waals surface area contributed by atoms with Crippen molar-refractivity contribution < 1.29 is 27.4 Å². The summed E-state index contributed by atoms with van der Waals surface area (Å²) in [7, 11) is 0. The van der Waals surface area contributed by atoms with E-state index in [1.807, 2.05) is 0 Å². The summed E-state index contributed by atoms with van der Waals surface area (Å²) >= 11 is 0. The molecule has 0 aliphatic carbocycles. The van der Waals surface area contributed by atoms with Crippen molar-refractivity contribution in [3.05, 3.63) is 47.9 Å². The molecule has 4 atom stereocenters. The number of hydrogen-bond acceptors (Lipinski definition) is 8. The van der Waals surface area contributed by atoms with Gasteiger partial charge in [0.15, 0.2) is 17.5 Å². The molecule has 8 rings (SSSR count). The number of rotatable bonds is 5. The maximum absolute atomic E-state index is 16.6. The molecule has 2 bridgehead atoms. The highest BCUT2D eigenvalue weighted by atomic mass is 19.2. The molecule has 4 aliphatic rings. The van der Waals surface area contributed by atoms with E-state index in [1.165, 1.54) is 24.4 Å². The van der Waals surface area contributed by atoms with E-state index in [0.29, 0.717) is 43.3 Å². The zero-order chi connectivity index (χ0) is 30.2. The fourth-order valence-corrected chi connectivity index (χ4v) is 7.85. The zero-order valence-corrected chi connectivity index (χ0v) is 24.0. The second-order valence-electron chi connectivity index (χ2n) is 12.7. The van der Waals surface area contributed by atoms with Gasteiger partial charge < -0.3 is 20.1 Å². The van der Waals surface area contributed by atoms with Gasteiger partial charge in [0.1, 0.15) is 35.6 Å². The van der Waals surface area contributed by atoms with Gasteiger partial charge in [-0.2, -0.15) is 9.97 Å². The number of halogens is 4. The summed E-state index contributed by atoms with van der Waals surface area (Å²) in [6.45, 7) is 2.66. The highest BCUT2D eigenvalue weighted by Gasteiger charge is 2.49. The van der Waals surface area contributed by atoms with Crippen LogP contribution in [0.1, 0.15) is 38.5 Å². The van der Waals surface area contributed by atoms with Gasteiger partial charge in [0.05, 0.1) is 10.9 Å². The van der Waals surface area contributed by atoms with Crippen molar-refractivity contribution in [1.82, 2.24) is 25.2 Å². The lowest BCUT2D eigenvalue weighted by Gasteiger charge is -2.31. The Morgan fingerprint density at radius 3 is 2.75 bits per heavy atom. The summed E-state index contributed by atoms with van der Waals surface area (Å²) in [5, 5.41) is 14.3. The third kappa shape index (κ3) is 4.52. The minimum absolute atomic E-state index is 0.0519. The van der Waals surface area contributed by atoms with Crippen LogP contribution < -0.4 is 15.0 Å². The Hall–Kier alpha value is -3.77. The summed E-state index contributed by atoms with van der Waals surface area (Å²) in [4.78, 5) is 17.7. The van der Waals surface area contributed by atoms with Crippen molar-refractivity contribution in [3.63, 3.8) is 0 Å². The molecule has 3 unspecified atom stereocenters. The van der Waals surface area contributed by atoms with E-state index in [1.54, 1.807) is 0 Å². The Morgan fingerprint density at radius 2 is 1.86 bits per heavy atom. The van der Waals surface area contributed by atoms with Gasteiger partial charge in [0.25, 0.3) is 0 Å². The number of ether oxygens (including phenoxy) is 1. The summed E-state index contributed by atoms with van der Waals surface area (Å²) in [5.41, 5.74) is -1.35. The summed E-state index contributed by atoms with van der Waals surface area (Å²) < 4.78 is 67.3. The van der Waals surface area contributed by atoms with Gasteiger partial charge >= 0.3 is 6.01 Å². The first-order valence-corrected chi connectivity index (χ1v) is 15.3. The summed E-state index contributed by atoms with van der Waals surface area (Å²) in [5.74, 6) is -3.06. The Morgan fingerprint density at radius 1 is 1.00 bits per heavy atom. The maximum Gasteiger partial charge on any atom is 0.319 e. The first-order chi connectivity index (χ1) is 21.3. The van der Waals surface area contributed by atoms with Crippen molar-refractivity contribution in [2.75, 3.05) is 37.7 Å². The van der Waals surface area contributed by atoms with Crippen LogP contribution in [0.2, 0.25) is 0 Å². The average Bonchev–Trinajstić information content (AvgIpc) is 3.64. The number of hydrogen-bond donors (Lipinski definition) is 2. The maximum atomic E-state index is 16.6. The highest BCUT2D eigenvalue weighted by molar-refractivity contribution is 5.99. The minimum Gasteiger partial charge on any atom is -0.508 e.